The minimum atomic E-state index is 0.0416. The number of hydrogen-bond donors (Lipinski definition) is 1. The molecule has 0 radical (unpaired) electrons. The quantitative estimate of drug-likeness (QED) is 0.261. The molecule has 0 spiro atoms. The molecule has 0 heterocycles. The Labute approximate surface area is 159 Å². The van der Waals surface area contributed by atoms with Gasteiger partial charge in [0.15, 0.2) is 0 Å². The summed E-state index contributed by atoms with van der Waals surface area (Å²) in [5.41, 5.74) is 1.36. The fourth-order valence-corrected chi connectivity index (χ4v) is 1.90. The fourth-order valence-electron chi connectivity index (χ4n) is 1.90. The normalized spacial score (nSPS) is 13.1. The fraction of sp³-hybridized carbons (Fsp3) is 0.800. The molecule has 154 valence electrons. The lowest BCUT2D eigenvalue weighted by molar-refractivity contribution is -0.0118. The molecule has 0 saturated carbocycles. The van der Waals surface area contributed by atoms with E-state index in [1.54, 1.807) is 0 Å². The van der Waals surface area contributed by atoms with Crippen molar-refractivity contribution in [1.82, 2.24) is 0 Å². The molecule has 0 aliphatic carbocycles. The maximum atomic E-state index is 8.53. The summed E-state index contributed by atoms with van der Waals surface area (Å²) >= 11 is 0. The van der Waals surface area contributed by atoms with Crippen molar-refractivity contribution in [2.75, 3.05) is 72.7 Å². The largest absolute Gasteiger partial charge is 0.394 e. The summed E-state index contributed by atoms with van der Waals surface area (Å²) in [7, 11) is 0. The van der Waals surface area contributed by atoms with Crippen LogP contribution in [0.15, 0.2) is 24.3 Å². The predicted octanol–water partition coefficient (Wildman–Crippen LogP) is 2.61. The number of allylic oxidation sites excluding steroid dienone is 2. The van der Waals surface area contributed by atoms with Gasteiger partial charge in [0.05, 0.1) is 72.7 Å². The van der Waals surface area contributed by atoms with Crippen LogP contribution in [0.3, 0.4) is 0 Å². The molecule has 0 bridgehead atoms. The van der Waals surface area contributed by atoms with E-state index in [1.807, 2.05) is 6.08 Å². The van der Waals surface area contributed by atoms with Crippen LogP contribution in [0.5, 0.6) is 0 Å². The topological polar surface area (TPSA) is 66.4 Å². The first-order chi connectivity index (χ1) is 12.7. The molecule has 1 unspecified atom stereocenters. The molecule has 0 amide bonds. The maximum absolute atomic E-state index is 8.53. The molecule has 1 atom stereocenters. The lowest BCUT2D eigenvalue weighted by Gasteiger charge is -2.08. The van der Waals surface area contributed by atoms with Crippen molar-refractivity contribution in [1.29, 1.82) is 0 Å². The van der Waals surface area contributed by atoms with Gasteiger partial charge in [0.2, 0.25) is 0 Å². The lowest BCUT2D eigenvalue weighted by Crippen LogP contribution is -2.13. The van der Waals surface area contributed by atoms with Gasteiger partial charge in [-0.3, -0.25) is 0 Å². The molecule has 0 rings (SSSR count). The van der Waals surface area contributed by atoms with E-state index < -0.39 is 0 Å². The third-order valence-corrected chi connectivity index (χ3v) is 3.67. The minimum Gasteiger partial charge on any atom is -0.394 e. The number of rotatable bonds is 20. The molecule has 0 aromatic rings. The minimum absolute atomic E-state index is 0.0416. The van der Waals surface area contributed by atoms with Gasteiger partial charge in [0.1, 0.15) is 0 Å². The highest BCUT2D eigenvalue weighted by Crippen LogP contribution is 2.11. The molecule has 6 nitrogen and oxygen atoms in total. The highest BCUT2D eigenvalue weighted by molar-refractivity contribution is 4.98. The average molecular weight is 375 g/mol. The van der Waals surface area contributed by atoms with E-state index >= 15 is 0 Å². The second kappa shape index (κ2) is 20.6. The third kappa shape index (κ3) is 19.6. The molecule has 0 aromatic carbocycles. The van der Waals surface area contributed by atoms with Crippen LogP contribution in [-0.2, 0) is 23.7 Å². The van der Waals surface area contributed by atoms with Crippen molar-refractivity contribution < 1.29 is 28.8 Å². The molecule has 6 heteroatoms. The van der Waals surface area contributed by atoms with Crippen LogP contribution in [0.1, 0.15) is 26.7 Å². The first kappa shape index (κ1) is 25.2. The molecular formula is C20H38O6. The smallest absolute Gasteiger partial charge is 0.0704 e. The number of aliphatic hydroxyl groups excluding tert-OH is 1. The number of aliphatic hydroxyl groups is 1. The van der Waals surface area contributed by atoms with Crippen LogP contribution in [0.4, 0.5) is 0 Å². The van der Waals surface area contributed by atoms with Gasteiger partial charge >= 0.3 is 0 Å². The zero-order chi connectivity index (χ0) is 19.3. The Bertz CT molecular complexity index is 332. The highest BCUT2D eigenvalue weighted by Gasteiger charge is 1.97. The van der Waals surface area contributed by atoms with Gasteiger partial charge < -0.3 is 28.8 Å². The van der Waals surface area contributed by atoms with E-state index in [0.717, 1.165) is 12.8 Å². The van der Waals surface area contributed by atoms with Crippen LogP contribution >= 0.6 is 0 Å². The van der Waals surface area contributed by atoms with Gasteiger partial charge in [-0.15, -0.1) is 6.58 Å². The van der Waals surface area contributed by atoms with E-state index in [2.05, 4.69) is 26.5 Å². The first-order valence-corrected chi connectivity index (χ1v) is 9.48. The predicted molar refractivity (Wildman–Crippen MR) is 104 cm³/mol. The van der Waals surface area contributed by atoms with Crippen LogP contribution in [0, 0.1) is 5.92 Å². The van der Waals surface area contributed by atoms with Crippen molar-refractivity contribution in [3.63, 3.8) is 0 Å². The molecule has 1 N–H and O–H groups in total. The Hall–Kier alpha value is -0.760. The molecular weight excluding hydrogens is 336 g/mol. The van der Waals surface area contributed by atoms with Gasteiger partial charge in [0.25, 0.3) is 0 Å². The Balaban J connectivity index is 3.20. The summed E-state index contributed by atoms with van der Waals surface area (Å²) in [5.74, 6) is 0.562. The SMILES string of the molecule is C=CC(C)CC/C(C)=C/COCCOCCOCCOCCOCCO. The zero-order valence-electron chi connectivity index (χ0n) is 16.6. The molecule has 0 fully saturated rings. The number of hydrogen-bond acceptors (Lipinski definition) is 6. The Morgan fingerprint density at radius 2 is 1.31 bits per heavy atom. The third-order valence-electron chi connectivity index (χ3n) is 3.67. The van der Waals surface area contributed by atoms with Crippen molar-refractivity contribution in [2.45, 2.75) is 26.7 Å². The molecule has 26 heavy (non-hydrogen) atoms. The van der Waals surface area contributed by atoms with E-state index in [-0.39, 0.29) is 6.61 Å². The Kier molecular flexibility index (Phi) is 19.9. The van der Waals surface area contributed by atoms with Crippen molar-refractivity contribution in [3.05, 3.63) is 24.3 Å². The highest BCUT2D eigenvalue weighted by atomic mass is 16.6. The Morgan fingerprint density at radius 1 is 0.846 bits per heavy atom. The van der Waals surface area contributed by atoms with Crippen LogP contribution in [-0.4, -0.2) is 77.8 Å². The summed E-state index contributed by atoms with van der Waals surface area (Å²) in [6, 6.07) is 0. The molecule has 0 aliphatic rings. The summed E-state index contributed by atoms with van der Waals surface area (Å²) < 4.78 is 26.7. The van der Waals surface area contributed by atoms with Crippen LogP contribution in [0.2, 0.25) is 0 Å². The summed E-state index contributed by atoms with van der Waals surface area (Å²) in [6.45, 7) is 13.5. The van der Waals surface area contributed by atoms with Gasteiger partial charge in [-0.05, 0) is 25.7 Å². The van der Waals surface area contributed by atoms with E-state index in [0.29, 0.717) is 72.0 Å². The lowest BCUT2D eigenvalue weighted by atomic mass is 10.0. The van der Waals surface area contributed by atoms with Crippen LogP contribution < -0.4 is 0 Å². The summed E-state index contributed by atoms with van der Waals surface area (Å²) in [6.07, 6.45) is 6.35. The maximum Gasteiger partial charge on any atom is 0.0704 e. The van der Waals surface area contributed by atoms with Crippen molar-refractivity contribution in [3.8, 4) is 0 Å². The molecule has 0 aromatic heterocycles. The first-order valence-electron chi connectivity index (χ1n) is 9.48. The van der Waals surface area contributed by atoms with Gasteiger partial charge in [-0.2, -0.15) is 0 Å². The second-order valence-corrected chi connectivity index (χ2v) is 6.05. The molecule has 0 saturated heterocycles. The van der Waals surface area contributed by atoms with E-state index in [1.165, 1.54) is 5.57 Å². The van der Waals surface area contributed by atoms with Crippen molar-refractivity contribution >= 4 is 0 Å². The average Bonchev–Trinajstić information content (AvgIpc) is 2.65. The van der Waals surface area contributed by atoms with Gasteiger partial charge in [-0.1, -0.05) is 24.6 Å². The zero-order valence-corrected chi connectivity index (χ0v) is 16.6. The standard InChI is InChI=1S/C20H38O6/c1-4-19(2)5-6-20(3)7-9-22-11-13-24-15-17-26-18-16-25-14-12-23-10-8-21/h4,7,19,21H,1,5-6,8-18H2,2-3H3/b20-7+. The molecule has 0 aliphatic heterocycles. The van der Waals surface area contributed by atoms with Gasteiger partial charge in [-0.25, -0.2) is 0 Å². The monoisotopic (exact) mass is 374 g/mol. The second-order valence-electron chi connectivity index (χ2n) is 6.05. The summed E-state index contributed by atoms with van der Waals surface area (Å²) in [4.78, 5) is 0. The van der Waals surface area contributed by atoms with Crippen molar-refractivity contribution in [2.24, 2.45) is 5.92 Å². The summed E-state index contributed by atoms with van der Waals surface area (Å²) in [5, 5.41) is 8.53. The number of ether oxygens (including phenoxy) is 5. The van der Waals surface area contributed by atoms with Gasteiger partial charge in [0, 0.05) is 0 Å². The van der Waals surface area contributed by atoms with E-state index in [4.69, 9.17) is 28.8 Å². The van der Waals surface area contributed by atoms with E-state index in [9.17, 15) is 0 Å². The van der Waals surface area contributed by atoms with Crippen LogP contribution in [0.25, 0.3) is 0 Å². The Morgan fingerprint density at radius 3 is 1.77 bits per heavy atom.